The zero-order valence-electron chi connectivity index (χ0n) is 16.9. The fourth-order valence-corrected chi connectivity index (χ4v) is 5.02. The van der Waals surface area contributed by atoms with Crippen molar-refractivity contribution in [3.05, 3.63) is 62.5 Å². The van der Waals surface area contributed by atoms with Gasteiger partial charge in [-0.05, 0) is 43.3 Å². The van der Waals surface area contributed by atoms with Crippen LogP contribution in [0.2, 0.25) is 10.0 Å². The van der Waals surface area contributed by atoms with Gasteiger partial charge in [0.15, 0.2) is 11.0 Å². The van der Waals surface area contributed by atoms with E-state index in [0.29, 0.717) is 38.3 Å². The van der Waals surface area contributed by atoms with Gasteiger partial charge in [-0.3, -0.25) is 4.57 Å². The first-order valence-electron chi connectivity index (χ1n) is 9.17. The molecule has 0 fully saturated rings. The van der Waals surface area contributed by atoms with Crippen molar-refractivity contribution >= 4 is 46.3 Å². The van der Waals surface area contributed by atoms with Gasteiger partial charge in [0, 0.05) is 16.2 Å². The van der Waals surface area contributed by atoms with Crippen LogP contribution in [0.15, 0.2) is 46.9 Å². The molecule has 0 bridgehead atoms. The summed E-state index contributed by atoms with van der Waals surface area (Å²) in [6, 6.07) is 10.9. The molecule has 4 rings (SSSR count). The lowest BCUT2D eigenvalue weighted by Crippen LogP contribution is -2.01. The number of aryl methyl sites for hydroxylation is 1. The second kappa shape index (κ2) is 9.48. The van der Waals surface area contributed by atoms with E-state index in [4.69, 9.17) is 32.7 Å². The number of methoxy groups -OCH3 is 2. The van der Waals surface area contributed by atoms with E-state index in [2.05, 4.69) is 15.2 Å². The molecule has 0 radical (unpaired) electrons. The van der Waals surface area contributed by atoms with Crippen molar-refractivity contribution in [3.8, 4) is 28.6 Å². The lowest BCUT2D eigenvalue weighted by atomic mass is 10.2. The Balaban J connectivity index is 1.83. The summed E-state index contributed by atoms with van der Waals surface area (Å²) in [5.74, 6) is 2.49. The molecule has 0 unspecified atom stereocenters. The molecule has 160 valence electrons. The van der Waals surface area contributed by atoms with Crippen LogP contribution >= 0.6 is 46.3 Å². The van der Waals surface area contributed by atoms with E-state index in [1.54, 1.807) is 43.4 Å². The van der Waals surface area contributed by atoms with Crippen molar-refractivity contribution in [1.82, 2.24) is 19.7 Å². The molecule has 6 nitrogen and oxygen atoms in total. The molecular formula is C21H18Cl2N4O2S2. The SMILES string of the molecule is COc1ccc(-n2c(SCc3csc(C)n3)nnc2-c2cc(Cl)ccc2OC)cc1Cl. The number of benzene rings is 2. The van der Waals surface area contributed by atoms with Gasteiger partial charge in [0.2, 0.25) is 0 Å². The first kappa shape index (κ1) is 22.0. The van der Waals surface area contributed by atoms with Gasteiger partial charge in [0.05, 0.1) is 41.2 Å². The molecule has 0 amide bonds. The zero-order valence-corrected chi connectivity index (χ0v) is 20.1. The Morgan fingerprint density at radius 1 is 1.03 bits per heavy atom. The van der Waals surface area contributed by atoms with Crippen molar-refractivity contribution in [1.29, 1.82) is 0 Å². The monoisotopic (exact) mass is 492 g/mol. The van der Waals surface area contributed by atoms with Crippen LogP contribution < -0.4 is 9.47 Å². The van der Waals surface area contributed by atoms with E-state index in [9.17, 15) is 0 Å². The summed E-state index contributed by atoms with van der Waals surface area (Å²) in [6.07, 6.45) is 0. The van der Waals surface area contributed by atoms with Gasteiger partial charge in [-0.15, -0.1) is 21.5 Å². The summed E-state index contributed by atoms with van der Waals surface area (Å²) >= 11 is 15.9. The highest BCUT2D eigenvalue weighted by Gasteiger charge is 2.21. The minimum Gasteiger partial charge on any atom is -0.496 e. The Morgan fingerprint density at radius 3 is 2.48 bits per heavy atom. The van der Waals surface area contributed by atoms with Crippen molar-refractivity contribution in [2.24, 2.45) is 0 Å². The fraction of sp³-hybridized carbons (Fsp3) is 0.190. The summed E-state index contributed by atoms with van der Waals surface area (Å²) in [5, 5.41) is 13.8. The van der Waals surface area contributed by atoms with Crippen molar-refractivity contribution < 1.29 is 9.47 Å². The molecule has 2 heterocycles. The van der Waals surface area contributed by atoms with Gasteiger partial charge in [0.25, 0.3) is 0 Å². The van der Waals surface area contributed by atoms with Crippen LogP contribution in [0.25, 0.3) is 17.1 Å². The molecule has 0 spiro atoms. The Bertz CT molecular complexity index is 1230. The predicted octanol–water partition coefficient (Wildman–Crippen LogP) is 6.32. The van der Waals surface area contributed by atoms with E-state index in [-0.39, 0.29) is 0 Å². The molecular weight excluding hydrogens is 475 g/mol. The Morgan fingerprint density at radius 2 is 1.81 bits per heavy atom. The number of hydrogen-bond donors (Lipinski definition) is 0. The first-order chi connectivity index (χ1) is 15.0. The number of hydrogen-bond acceptors (Lipinski definition) is 7. The third-order valence-electron chi connectivity index (χ3n) is 4.45. The number of ether oxygens (including phenoxy) is 2. The molecule has 0 aliphatic rings. The van der Waals surface area contributed by atoms with Crippen LogP contribution in [0.3, 0.4) is 0 Å². The van der Waals surface area contributed by atoms with Crippen LogP contribution in [-0.4, -0.2) is 34.0 Å². The second-order valence-corrected chi connectivity index (χ2v) is 9.30. The average Bonchev–Trinajstić information content (AvgIpc) is 3.38. The molecule has 0 saturated carbocycles. The molecule has 0 aliphatic heterocycles. The minimum atomic E-state index is 0.490. The predicted molar refractivity (Wildman–Crippen MR) is 126 cm³/mol. The average molecular weight is 493 g/mol. The number of halogens is 2. The van der Waals surface area contributed by atoms with Crippen molar-refractivity contribution in [3.63, 3.8) is 0 Å². The molecule has 0 saturated heterocycles. The van der Waals surface area contributed by atoms with E-state index in [1.807, 2.05) is 47.2 Å². The number of nitrogens with zero attached hydrogens (tertiary/aromatic N) is 4. The topological polar surface area (TPSA) is 62.1 Å². The molecule has 2 aromatic heterocycles. The summed E-state index contributed by atoms with van der Waals surface area (Å²) in [5.41, 5.74) is 2.52. The number of thioether (sulfide) groups is 1. The fourth-order valence-electron chi connectivity index (χ4n) is 3.03. The summed E-state index contributed by atoms with van der Waals surface area (Å²) < 4.78 is 12.8. The third kappa shape index (κ3) is 4.67. The van der Waals surface area contributed by atoms with E-state index in [1.165, 1.54) is 0 Å². The zero-order chi connectivity index (χ0) is 22.0. The van der Waals surface area contributed by atoms with Gasteiger partial charge in [0.1, 0.15) is 11.5 Å². The quantitative estimate of drug-likeness (QED) is 0.281. The molecule has 4 aromatic rings. The lowest BCUT2D eigenvalue weighted by Gasteiger charge is -2.14. The molecule has 0 atom stereocenters. The molecule has 0 N–H and O–H groups in total. The first-order valence-corrected chi connectivity index (χ1v) is 11.8. The van der Waals surface area contributed by atoms with E-state index >= 15 is 0 Å². The van der Waals surface area contributed by atoms with Crippen molar-refractivity contribution in [2.75, 3.05) is 14.2 Å². The Labute approximate surface area is 198 Å². The van der Waals surface area contributed by atoms with Crippen LogP contribution in [0, 0.1) is 6.92 Å². The minimum absolute atomic E-state index is 0.490. The highest BCUT2D eigenvalue weighted by atomic mass is 35.5. The van der Waals surface area contributed by atoms with Gasteiger partial charge >= 0.3 is 0 Å². The standard InChI is InChI=1S/C21H18Cl2N4O2S2/c1-12-24-14(10-30-12)11-31-21-26-25-20(16-8-13(22)4-6-18(16)28-2)27(21)15-5-7-19(29-3)17(23)9-15/h4-10H,11H2,1-3H3. The highest BCUT2D eigenvalue weighted by molar-refractivity contribution is 7.98. The number of rotatable bonds is 7. The maximum atomic E-state index is 6.42. The van der Waals surface area contributed by atoms with Gasteiger partial charge < -0.3 is 9.47 Å². The maximum Gasteiger partial charge on any atom is 0.196 e. The molecule has 0 aliphatic carbocycles. The summed E-state index contributed by atoms with van der Waals surface area (Å²) in [4.78, 5) is 4.53. The van der Waals surface area contributed by atoms with E-state index in [0.717, 1.165) is 22.0 Å². The van der Waals surface area contributed by atoms with Gasteiger partial charge in [-0.1, -0.05) is 35.0 Å². The van der Waals surface area contributed by atoms with E-state index < -0.39 is 0 Å². The summed E-state index contributed by atoms with van der Waals surface area (Å²) in [6.45, 7) is 1.99. The van der Waals surface area contributed by atoms with Crippen LogP contribution in [0.4, 0.5) is 0 Å². The van der Waals surface area contributed by atoms with Crippen LogP contribution in [-0.2, 0) is 5.75 Å². The highest BCUT2D eigenvalue weighted by Crippen LogP contribution is 2.37. The Hall–Kier alpha value is -2.26. The lowest BCUT2D eigenvalue weighted by molar-refractivity contribution is 0.415. The number of thiazole rings is 1. The normalized spacial score (nSPS) is 11.0. The second-order valence-electron chi connectivity index (χ2n) is 6.45. The third-order valence-corrected chi connectivity index (χ3v) is 6.76. The van der Waals surface area contributed by atoms with Crippen LogP contribution in [0.5, 0.6) is 11.5 Å². The molecule has 2 aromatic carbocycles. The van der Waals surface area contributed by atoms with Gasteiger partial charge in [-0.25, -0.2) is 4.98 Å². The van der Waals surface area contributed by atoms with Crippen molar-refractivity contribution in [2.45, 2.75) is 17.8 Å². The molecule has 10 heteroatoms. The maximum absolute atomic E-state index is 6.42. The Kier molecular flexibility index (Phi) is 6.71. The number of aromatic nitrogens is 4. The summed E-state index contributed by atoms with van der Waals surface area (Å²) in [7, 11) is 3.19. The smallest absolute Gasteiger partial charge is 0.196 e. The van der Waals surface area contributed by atoms with Crippen LogP contribution in [0.1, 0.15) is 10.7 Å². The largest absolute Gasteiger partial charge is 0.496 e. The van der Waals surface area contributed by atoms with Gasteiger partial charge in [-0.2, -0.15) is 0 Å². The molecule has 31 heavy (non-hydrogen) atoms.